The van der Waals surface area contributed by atoms with E-state index < -0.39 is 6.23 Å². The molecule has 0 N–H and O–H groups in total. The van der Waals surface area contributed by atoms with E-state index in [2.05, 4.69) is 11.0 Å². The van der Waals surface area contributed by atoms with Gasteiger partial charge in [-0.05, 0) is 21.1 Å². The van der Waals surface area contributed by atoms with E-state index >= 15 is 0 Å². The average molecular weight is 220 g/mol. The molecule has 3 nitrogen and oxygen atoms in total. The fourth-order valence-corrected chi connectivity index (χ4v) is 1.27. The Bertz CT molecular complexity index is 283. The molecule has 0 spiro atoms. The van der Waals surface area contributed by atoms with Crippen molar-refractivity contribution in [2.45, 2.75) is 6.23 Å². The Balaban J connectivity index is 0. The van der Waals surface area contributed by atoms with Gasteiger partial charge in [-0.25, -0.2) is 0 Å². The number of hydrogen-bond donors (Lipinski definition) is 0. The molecule has 5 heteroatoms. The van der Waals surface area contributed by atoms with Crippen LogP contribution in [0.5, 0.6) is 0 Å². The van der Waals surface area contributed by atoms with Crippen molar-refractivity contribution in [1.82, 2.24) is 9.80 Å². The molecule has 0 bridgehead atoms. The molecule has 0 aliphatic rings. The van der Waals surface area contributed by atoms with E-state index in [1.807, 2.05) is 39.3 Å². The van der Waals surface area contributed by atoms with Crippen molar-refractivity contribution in [1.29, 1.82) is 0 Å². The summed E-state index contributed by atoms with van der Waals surface area (Å²) in [5.74, 6) is 0. The maximum absolute atomic E-state index is 11.9. The summed E-state index contributed by atoms with van der Waals surface area (Å²) in [5, 5.41) is 11.9. The topological polar surface area (TPSA) is 29.5 Å². The van der Waals surface area contributed by atoms with Crippen molar-refractivity contribution in [2.75, 3.05) is 34.2 Å². The molecule has 1 aromatic carbocycles. The first kappa shape index (κ1) is 19.6. The summed E-state index contributed by atoms with van der Waals surface area (Å²) in [6, 6.07) is 10.3. The molecule has 0 saturated heterocycles. The van der Waals surface area contributed by atoms with Crippen molar-refractivity contribution in [3.05, 3.63) is 35.9 Å². The third-order valence-electron chi connectivity index (χ3n) is 2.30. The first-order chi connectivity index (χ1) is 7.11. The molecular formula is C12H18Li2N2O. The Labute approximate surface area is 129 Å². The molecule has 1 aromatic rings. The van der Waals surface area contributed by atoms with Crippen LogP contribution in [-0.4, -0.2) is 44.0 Å². The van der Waals surface area contributed by atoms with E-state index in [1.165, 1.54) is 0 Å². The van der Waals surface area contributed by atoms with Crippen LogP contribution in [0.25, 0.3) is 0 Å². The molecule has 1 rings (SSSR count). The summed E-state index contributed by atoms with van der Waals surface area (Å²) in [5.41, 5.74) is 0.707. The van der Waals surface area contributed by atoms with Gasteiger partial charge >= 0.3 is 37.7 Å². The SMILES string of the molecule is CN(C)CCN(C)C([O-])c1[c-]cccc1.[Li+].[Li+]. The smallest absolute Gasteiger partial charge is 0.839 e. The van der Waals surface area contributed by atoms with Gasteiger partial charge < -0.3 is 14.9 Å². The number of nitrogens with zero attached hydrogens (tertiary/aromatic N) is 2. The Morgan fingerprint density at radius 2 is 1.82 bits per heavy atom. The first-order valence-electron chi connectivity index (χ1n) is 5.08. The molecule has 17 heavy (non-hydrogen) atoms. The van der Waals surface area contributed by atoms with Crippen LogP contribution < -0.4 is 42.8 Å². The second kappa shape index (κ2) is 10.2. The second-order valence-corrected chi connectivity index (χ2v) is 3.95. The summed E-state index contributed by atoms with van der Waals surface area (Å²) >= 11 is 0. The van der Waals surface area contributed by atoms with Crippen LogP contribution in [-0.2, 0) is 0 Å². The summed E-state index contributed by atoms with van der Waals surface area (Å²) < 4.78 is 0. The Morgan fingerprint density at radius 3 is 2.29 bits per heavy atom. The van der Waals surface area contributed by atoms with Crippen molar-refractivity contribution in [2.24, 2.45) is 0 Å². The zero-order valence-corrected chi connectivity index (χ0v) is 11.6. The summed E-state index contributed by atoms with van der Waals surface area (Å²) in [7, 11) is 5.85. The Hall–Kier alpha value is 0.295. The van der Waals surface area contributed by atoms with Gasteiger partial charge in [0.2, 0.25) is 0 Å². The molecule has 84 valence electrons. The van der Waals surface area contributed by atoms with Gasteiger partial charge in [0.1, 0.15) is 0 Å². The first-order valence-corrected chi connectivity index (χ1v) is 5.08. The largest absolute Gasteiger partial charge is 1.00 e. The van der Waals surface area contributed by atoms with Gasteiger partial charge in [-0.2, -0.15) is 35.9 Å². The minimum Gasteiger partial charge on any atom is -0.839 e. The quantitative estimate of drug-likeness (QED) is 0.281. The van der Waals surface area contributed by atoms with E-state index in [0.29, 0.717) is 5.56 Å². The number of rotatable bonds is 5. The van der Waals surface area contributed by atoms with Crippen LogP contribution in [0.3, 0.4) is 0 Å². The normalized spacial score (nSPS) is 11.9. The number of likely N-dealkylation sites (N-methyl/N-ethyl adjacent to an activating group) is 2. The predicted molar refractivity (Wildman–Crippen MR) is 59.2 cm³/mol. The minimum atomic E-state index is -0.814. The van der Waals surface area contributed by atoms with E-state index in [-0.39, 0.29) is 37.7 Å². The van der Waals surface area contributed by atoms with E-state index in [9.17, 15) is 5.11 Å². The van der Waals surface area contributed by atoms with Crippen molar-refractivity contribution in [3.8, 4) is 0 Å². The zero-order chi connectivity index (χ0) is 11.3. The molecule has 0 aromatic heterocycles. The maximum atomic E-state index is 11.9. The van der Waals surface area contributed by atoms with Gasteiger partial charge in [0, 0.05) is 13.1 Å². The van der Waals surface area contributed by atoms with Crippen LogP contribution in [0.1, 0.15) is 11.8 Å². The van der Waals surface area contributed by atoms with E-state index in [0.717, 1.165) is 13.1 Å². The average Bonchev–Trinajstić information content (AvgIpc) is 2.26. The number of benzene rings is 1. The predicted octanol–water partition coefficient (Wildman–Crippen LogP) is -5.65. The van der Waals surface area contributed by atoms with Crippen molar-refractivity contribution in [3.63, 3.8) is 0 Å². The molecule has 0 radical (unpaired) electrons. The van der Waals surface area contributed by atoms with Crippen molar-refractivity contribution >= 4 is 0 Å². The molecule has 1 unspecified atom stereocenters. The molecular weight excluding hydrogens is 202 g/mol. The Morgan fingerprint density at radius 1 is 1.18 bits per heavy atom. The molecule has 0 aliphatic carbocycles. The standard InChI is InChI=1S/C12H18N2O.2Li/c1-13(2)9-10-14(3)12(15)11-7-5-4-6-8-11;;/h4-7,12H,9-10H2,1-3H3;;/q-2;2*+1. The summed E-state index contributed by atoms with van der Waals surface area (Å²) in [6.07, 6.45) is -0.814. The third kappa shape index (κ3) is 7.34. The fraction of sp³-hybridized carbons (Fsp3) is 0.500. The molecule has 0 saturated carbocycles. The Kier molecular flexibility index (Phi) is 11.8. The van der Waals surface area contributed by atoms with E-state index in [4.69, 9.17) is 0 Å². The van der Waals surface area contributed by atoms with E-state index in [1.54, 1.807) is 11.0 Å². The summed E-state index contributed by atoms with van der Waals surface area (Å²) in [6.45, 7) is 1.66. The number of hydrogen-bond acceptors (Lipinski definition) is 3. The van der Waals surface area contributed by atoms with Crippen LogP contribution >= 0.6 is 0 Å². The van der Waals surface area contributed by atoms with Crippen LogP contribution in [0.4, 0.5) is 0 Å². The molecule has 0 amide bonds. The van der Waals surface area contributed by atoms with Crippen LogP contribution in [0, 0.1) is 6.07 Å². The van der Waals surface area contributed by atoms with Gasteiger partial charge in [-0.15, -0.1) is 0 Å². The minimum absolute atomic E-state index is 0. The molecule has 0 fully saturated rings. The monoisotopic (exact) mass is 220 g/mol. The van der Waals surface area contributed by atoms with Gasteiger partial charge in [-0.1, -0.05) is 6.23 Å². The molecule has 0 heterocycles. The molecule has 0 aliphatic heterocycles. The van der Waals surface area contributed by atoms with Gasteiger partial charge in [-0.3, -0.25) is 0 Å². The van der Waals surface area contributed by atoms with Gasteiger partial charge in [0.05, 0.1) is 0 Å². The van der Waals surface area contributed by atoms with Crippen molar-refractivity contribution < 1.29 is 42.8 Å². The maximum Gasteiger partial charge on any atom is 1.00 e. The third-order valence-corrected chi connectivity index (χ3v) is 2.30. The van der Waals surface area contributed by atoms with Crippen LogP contribution in [0.15, 0.2) is 24.3 Å². The van der Waals surface area contributed by atoms with Gasteiger partial charge in [0.15, 0.2) is 0 Å². The van der Waals surface area contributed by atoms with Crippen LogP contribution in [0.2, 0.25) is 0 Å². The fourth-order valence-electron chi connectivity index (χ4n) is 1.27. The second-order valence-electron chi connectivity index (χ2n) is 3.95. The van der Waals surface area contributed by atoms with Gasteiger partial charge in [0.25, 0.3) is 0 Å². The molecule has 1 atom stereocenters. The summed E-state index contributed by atoms with van der Waals surface area (Å²) in [4.78, 5) is 3.86. The zero-order valence-electron chi connectivity index (χ0n) is 11.6.